The Hall–Kier alpha value is -2.70. The second-order valence-corrected chi connectivity index (χ2v) is 8.59. The van der Waals surface area contributed by atoms with Gasteiger partial charge in [-0.25, -0.2) is 4.58 Å². The van der Waals surface area contributed by atoms with Gasteiger partial charge in [-0.1, -0.05) is 38.0 Å². The Morgan fingerprint density at radius 3 is 2.77 bits per heavy atom. The van der Waals surface area contributed by atoms with E-state index in [1.807, 2.05) is 19.1 Å². The first kappa shape index (κ1) is 23.0. The number of carboxylic acid groups (broad SMARTS) is 1. The molecule has 3 atom stereocenters. The van der Waals surface area contributed by atoms with Crippen LogP contribution in [0.2, 0.25) is 0 Å². The molecule has 0 spiro atoms. The van der Waals surface area contributed by atoms with E-state index in [9.17, 15) is 19.5 Å². The molecule has 2 amide bonds. The first-order valence-electron chi connectivity index (χ1n) is 11.5. The van der Waals surface area contributed by atoms with Crippen LogP contribution in [0, 0.1) is 5.92 Å². The van der Waals surface area contributed by atoms with Crippen molar-refractivity contribution in [2.75, 3.05) is 13.1 Å². The fourth-order valence-corrected chi connectivity index (χ4v) is 4.58. The van der Waals surface area contributed by atoms with E-state index in [1.54, 1.807) is 0 Å². The van der Waals surface area contributed by atoms with Gasteiger partial charge < -0.3 is 15.7 Å². The minimum atomic E-state index is -0.998. The van der Waals surface area contributed by atoms with Gasteiger partial charge in [-0.05, 0) is 25.7 Å². The van der Waals surface area contributed by atoms with Crippen LogP contribution in [0.3, 0.4) is 0 Å². The van der Waals surface area contributed by atoms with Crippen LogP contribution in [0.25, 0.3) is 0 Å². The van der Waals surface area contributed by atoms with Crippen molar-refractivity contribution in [1.29, 1.82) is 0 Å². The summed E-state index contributed by atoms with van der Waals surface area (Å²) in [5.74, 6) is -2.14. The molecule has 0 fully saturated rings. The Labute approximate surface area is 183 Å². The van der Waals surface area contributed by atoms with Crippen molar-refractivity contribution in [1.82, 2.24) is 10.6 Å². The number of benzene rings is 1. The van der Waals surface area contributed by atoms with Crippen molar-refractivity contribution in [3.8, 4) is 0 Å². The summed E-state index contributed by atoms with van der Waals surface area (Å²) in [7, 11) is 0. The summed E-state index contributed by atoms with van der Waals surface area (Å²) < 4.78 is 2.28. The molecular formula is C24H34N3O4+. The Bertz CT molecular complexity index is 836. The molecule has 7 heteroatoms. The number of carbonyl (C=O) groups excluding carboxylic acids is 2. The number of carbonyl (C=O) groups is 3. The molecule has 0 saturated heterocycles. The third kappa shape index (κ3) is 6.15. The minimum Gasteiger partial charge on any atom is -0.481 e. The van der Waals surface area contributed by atoms with Gasteiger partial charge in [0.15, 0.2) is 6.21 Å². The number of aliphatic carboxylic acids is 1. The third-order valence-corrected chi connectivity index (χ3v) is 6.18. The van der Waals surface area contributed by atoms with Gasteiger partial charge in [0.25, 0.3) is 0 Å². The average molecular weight is 429 g/mol. The van der Waals surface area contributed by atoms with Gasteiger partial charge in [0.1, 0.15) is 12.6 Å². The molecule has 3 N–H and O–H groups in total. The second kappa shape index (κ2) is 11.1. The molecule has 7 nitrogen and oxygen atoms in total. The van der Waals surface area contributed by atoms with Crippen molar-refractivity contribution < 1.29 is 24.1 Å². The summed E-state index contributed by atoms with van der Waals surface area (Å²) in [6.45, 7) is 3.46. The Balaban J connectivity index is 1.82. The number of para-hydroxylation sites is 1. The number of fused-ring (bicyclic) bond motifs is 4. The lowest BCUT2D eigenvalue weighted by Crippen LogP contribution is -2.49. The maximum Gasteiger partial charge on any atom is 0.304 e. The quantitative estimate of drug-likeness (QED) is 0.607. The van der Waals surface area contributed by atoms with Crippen molar-refractivity contribution >= 4 is 29.7 Å². The molecule has 2 aliphatic heterocycles. The molecular weight excluding hydrogens is 394 g/mol. The molecule has 2 heterocycles. The van der Waals surface area contributed by atoms with Crippen LogP contribution in [0.4, 0.5) is 5.69 Å². The molecule has 2 aliphatic rings. The standard InChI is InChI=1S/C24H33N3O4/c1-2-9-17(15-22(28)29)23(30)26-20-14-18-16-27(21-11-6-5-10-19(18)21)13-8-4-3-7-12-25-24(20)31/h5-6,10-11,16-18,20H,2-4,7-9,12-15H2,1H3,(H2-,25,26,28,29,30,31)/p+1/t17-,18?,20+/m1/s1. The van der Waals surface area contributed by atoms with Crippen LogP contribution in [-0.4, -0.2) is 52.8 Å². The van der Waals surface area contributed by atoms with Gasteiger partial charge in [0.05, 0.1) is 12.3 Å². The zero-order valence-corrected chi connectivity index (χ0v) is 18.3. The lowest BCUT2D eigenvalue weighted by atomic mass is 9.92. The van der Waals surface area contributed by atoms with Gasteiger partial charge in [-0.3, -0.25) is 14.4 Å². The first-order chi connectivity index (χ1) is 15.0. The lowest BCUT2D eigenvalue weighted by molar-refractivity contribution is -0.433. The summed E-state index contributed by atoms with van der Waals surface area (Å²) in [5, 5.41) is 15.0. The highest BCUT2D eigenvalue weighted by Crippen LogP contribution is 2.34. The number of amides is 2. The average Bonchev–Trinajstić information content (AvgIpc) is 3.09. The highest BCUT2D eigenvalue weighted by molar-refractivity contribution is 5.90. The SMILES string of the molecule is CCC[C@H](CC(=O)O)C(=O)N[C@H]1CC2C=[N+](CCCCCCNC1=O)c1ccccc12. The normalized spacial score (nSPS) is 22.6. The number of hydrogen-bond donors (Lipinski definition) is 3. The first-order valence-corrected chi connectivity index (χ1v) is 11.5. The predicted molar refractivity (Wildman–Crippen MR) is 119 cm³/mol. The lowest BCUT2D eigenvalue weighted by Gasteiger charge is -2.23. The van der Waals surface area contributed by atoms with Gasteiger partial charge >= 0.3 is 5.97 Å². The summed E-state index contributed by atoms with van der Waals surface area (Å²) in [6.07, 6.45) is 7.77. The Morgan fingerprint density at radius 1 is 1.23 bits per heavy atom. The van der Waals surface area contributed by atoms with Crippen molar-refractivity contribution in [2.24, 2.45) is 5.92 Å². The van der Waals surface area contributed by atoms with E-state index >= 15 is 0 Å². The fourth-order valence-electron chi connectivity index (χ4n) is 4.58. The summed E-state index contributed by atoms with van der Waals surface area (Å²) in [4.78, 5) is 37.1. The summed E-state index contributed by atoms with van der Waals surface area (Å²) in [6, 6.07) is 7.53. The van der Waals surface area contributed by atoms with Crippen molar-refractivity contribution in [3.05, 3.63) is 29.8 Å². The van der Waals surface area contributed by atoms with Crippen LogP contribution in [0.1, 0.15) is 69.8 Å². The molecule has 3 rings (SSSR count). The number of nitrogens with zero attached hydrogens (tertiary/aromatic N) is 1. The number of hydrogen-bond acceptors (Lipinski definition) is 3. The zero-order chi connectivity index (χ0) is 22.2. The highest BCUT2D eigenvalue weighted by atomic mass is 16.4. The molecule has 1 aromatic carbocycles. The van der Waals surface area contributed by atoms with Crippen LogP contribution >= 0.6 is 0 Å². The number of nitrogens with one attached hydrogen (secondary N) is 2. The van der Waals surface area contributed by atoms with Crippen LogP contribution in [-0.2, 0) is 14.4 Å². The minimum absolute atomic E-state index is 0.0251. The molecule has 1 aromatic rings. The maximum absolute atomic E-state index is 13.0. The molecule has 1 unspecified atom stereocenters. The molecule has 0 aromatic heterocycles. The number of carboxylic acids is 1. The van der Waals surface area contributed by atoms with E-state index < -0.39 is 17.9 Å². The molecule has 2 bridgehead atoms. The van der Waals surface area contributed by atoms with Crippen molar-refractivity contribution in [3.63, 3.8) is 0 Å². The smallest absolute Gasteiger partial charge is 0.304 e. The molecule has 0 radical (unpaired) electrons. The molecule has 0 aliphatic carbocycles. The Morgan fingerprint density at radius 2 is 2.00 bits per heavy atom. The van der Waals surface area contributed by atoms with Gasteiger partial charge in [-0.15, -0.1) is 0 Å². The zero-order valence-electron chi connectivity index (χ0n) is 18.3. The van der Waals surface area contributed by atoms with E-state index in [0.717, 1.165) is 32.2 Å². The van der Waals surface area contributed by atoms with E-state index in [0.29, 0.717) is 25.8 Å². The highest BCUT2D eigenvalue weighted by Gasteiger charge is 2.35. The largest absolute Gasteiger partial charge is 0.481 e. The van der Waals surface area contributed by atoms with Crippen LogP contribution < -0.4 is 10.6 Å². The predicted octanol–water partition coefficient (Wildman–Crippen LogP) is 2.95. The van der Waals surface area contributed by atoms with E-state index in [-0.39, 0.29) is 24.2 Å². The van der Waals surface area contributed by atoms with Crippen LogP contribution in [0.15, 0.2) is 24.3 Å². The monoisotopic (exact) mass is 428 g/mol. The van der Waals surface area contributed by atoms with Gasteiger partial charge in [-0.2, -0.15) is 0 Å². The molecule has 168 valence electrons. The summed E-state index contributed by atoms with van der Waals surface area (Å²) >= 11 is 0. The van der Waals surface area contributed by atoms with E-state index in [1.165, 1.54) is 11.3 Å². The van der Waals surface area contributed by atoms with Crippen LogP contribution in [0.5, 0.6) is 0 Å². The Kier molecular flexibility index (Phi) is 8.20. The fraction of sp³-hybridized carbons (Fsp3) is 0.583. The van der Waals surface area contributed by atoms with Gasteiger partial charge in [0.2, 0.25) is 17.5 Å². The van der Waals surface area contributed by atoms with E-state index in [2.05, 4.69) is 33.6 Å². The third-order valence-electron chi connectivity index (χ3n) is 6.18. The van der Waals surface area contributed by atoms with E-state index in [4.69, 9.17) is 0 Å². The van der Waals surface area contributed by atoms with Crippen molar-refractivity contribution in [2.45, 2.75) is 70.3 Å². The second-order valence-electron chi connectivity index (χ2n) is 8.59. The van der Waals surface area contributed by atoms with Gasteiger partial charge in [0, 0.05) is 30.5 Å². The summed E-state index contributed by atoms with van der Waals surface area (Å²) in [5.41, 5.74) is 2.34. The number of rotatable bonds is 6. The molecule has 31 heavy (non-hydrogen) atoms. The topological polar surface area (TPSA) is 98.5 Å². The molecule has 0 saturated carbocycles. The maximum atomic E-state index is 13.0.